The molecule has 1 saturated heterocycles. The van der Waals surface area contributed by atoms with Crippen molar-refractivity contribution in [1.82, 2.24) is 40.3 Å². The van der Waals surface area contributed by atoms with Crippen molar-refractivity contribution in [1.29, 1.82) is 0 Å². The van der Waals surface area contributed by atoms with Gasteiger partial charge in [-0.15, -0.1) is 0 Å². The number of H-pyrrole nitrogens is 2. The molecule has 0 spiro atoms. The summed E-state index contributed by atoms with van der Waals surface area (Å²) < 4.78 is 0. The maximum Gasteiger partial charge on any atom is 0.317 e. The number of hydrazine groups is 1. The number of benzene rings is 3. The third-order valence-electron chi connectivity index (χ3n) is 10.7. The van der Waals surface area contributed by atoms with Crippen molar-refractivity contribution in [2.24, 2.45) is 5.84 Å². The average molecular weight is 824 g/mol. The van der Waals surface area contributed by atoms with E-state index in [1.807, 2.05) is 78.9 Å². The fourth-order valence-electron chi connectivity index (χ4n) is 7.83. The molecule has 1 fully saturated rings. The summed E-state index contributed by atoms with van der Waals surface area (Å²) in [5.41, 5.74) is 6.12. The molecule has 0 saturated carbocycles. The van der Waals surface area contributed by atoms with Gasteiger partial charge in [0.1, 0.15) is 5.69 Å². The molecule has 0 aliphatic carbocycles. The summed E-state index contributed by atoms with van der Waals surface area (Å²) in [6.45, 7) is 0.473. The summed E-state index contributed by atoms with van der Waals surface area (Å²) in [7, 11) is 0. The van der Waals surface area contributed by atoms with Crippen LogP contribution in [-0.4, -0.2) is 165 Å². The number of nitrogens with zero attached hydrogens (tertiary/aromatic N) is 4. The van der Waals surface area contributed by atoms with Gasteiger partial charge in [0.05, 0.1) is 38.4 Å². The Balaban J connectivity index is 1.27. The molecule has 3 aromatic carbocycles. The molecule has 9 N–H and O–H groups in total. The van der Waals surface area contributed by atoms with Crippen LogP contribution in [0.1, 0.15) is 43.6 Å². The van der Waals surface area contributed by atoms with E-state index in [1.165, 1.54) is 0 Å². The molecule has 2 amide bonds. The number of carboxylic acid groups (broad SMARTS) is 3. The van der Waals surface area contributed by atoms with Gasteiger partial charge in [-0.2, -0.15) is 0 Å². The smallest absolute Gasteiger partial charge is 0.317 e. The summed E-state index contributed by atoms with van der Waals surface area (Å²) in [6.07, 6.45) is 0. The zero-order valence-corrected chi connectivity index (χ0v) is 32.9. The van der Waals surface area contributed by atoms with Crippen molar-refractivity contribution in [2.45, 2.75) is 5.92 Å². The number of nitrogens with two attached hydrogens (primary N) is 1. The number of aromatic amines is 2. The third kappa shape index (κ3) is 10.8. The number of aliphatic carboxylic acids is 3. The summed E-state index contributed by atoms with van der Waals surface area (Å²) in [4.78, 5) is 89.6. The number of rotatable bonds is 15. The lowest BCUT2D eigenvalue weighted by atomic mass is 9.81. The van der Waals surface area contributed by atoms with Crippen LogP contribution in [0.2, 0.25) is 0 Å². The number of hydrogen-bond donors (Lipinski definition) is 8. The van der Waals surface area contributed by atoms with Crippen molar-refractivity contribution >= 4 is 57.3 Å². The molecule has 0 radical (unpaired) electrons. The number of hydrogen-bond acceptors (Lipinski definition) is 11. The second-order valence-electron chi connectivity index (χ2n) is 14.7. The Labute approximate surface area is 344 Å². The number of ketones is 1. The zero-order chi connectivity index (χ0) is 42.8. The first kappa shape index (κ1) is 43.1. The standard InChI is InChI=1S/C42H49N9O9/c43-47-42(60)41-39(29-11-5-7-13-31(29)46-41)37(27-8-2-1-3-9-27)38-28-10-4-6-12-30(28)45-40(38)32(52)22-44-33(53)23-48-14-16-49(24-34(54)55)18-20-51(26-36(58)59)21-19-50(17-15-48)25-35(56)57/h1-13,37,45-46H,14-26,43H2,(H,44,53)(H,47,60)(H,54,55)(H,56,57)(H,58,59). The second kappa shape index (κ2) is 20.0. The van der Waals surface area contributed by atoms with E-state index in [1.54, 1.807) is 19.6 Å². The van der Waals surface area contributed by atoms with Gasteiger partial charge in [0.15, 0.2) is 5.78 Å². The Morgan fingerprint density at radius 1 is 0.567 bits per heavy atom. The number of Topliss-reactive ketones (excluding diaryl/α,β-unsaturated/α-hetero) is 1. The highest BCUT2D eigenvalue weighted by molar-refractivity contribution is 6.07. The minimum absolute atomic E-state index is 0.167. The van der Waals surface area contributed by atoms with Crippen LogP contribution in [0, 0.1) is 0 Å². The van der Waals surface area contributed by atoms with E-state index < -0.39 is 41.4 Å². The van der Waals surface area contributed by atoms with E-state index in [0.717, 1.165) is 16.3 Å². The van der Waals surface area contributed by atoms with Gasteiger partial charge in [0, 0.05) is 91.2 Å². The number of fused-ring (bicyclic) bond motifs is 2. The van der Waals surface area contributed by atoms with Gasteiger partial charge in [-0.1, -0.05) is 66.7 Å². The summed E-state index contributed by atoms with van der Waals surface area (Å²) in [6, 6.07) is 24.4. The number of amides is 2. The zero-order valence-electron chi connectivity index (χ0n) is 32.9. The summed E-state index contributed by atoms with van der Waals surface area (Å²) in [5, 5.41) is 32.8. The van der Waals surface area contributed by atoms with Crippen molar-refractivity contribution < 1.29 is 44.1 Å². The van der Waals surface area contributed by atoms with Crippen LogP contribution in [-0.2, 0) is 19.2 Å². The minimum Gasteiger partial charge on any atom is -0.480 e. The number of carbonyl (C=O) groups excluding carboxylic acids is 3. The molecule has 1 unspecified atom stereocenters. The van der Waals surface area contributed by atoms with Crippen molar-refractivity contribution in [3.8, 4) is 0 Å². The van der Waals surface area contributed by atoms with Crippen LogP contribution < -0.4 is 16.6 Å². The largest absolute Gasteiger partial charge is 0.480 e. The average Bonchev–Trinajstić information content (AvgIpc) is 3.80. The van der Waals surface area contributed by atoms with Crippen LogP contribution >= 0.6 is 0 Å². The normalized spacial score (nSPS) is 15.8. The van der Waals surface area contributed by atoms with Gasteiger partial charge in [0.25, 0.3) is 5.91 Å². The highest BCUT2D eigenvalue weighted by Crippen LogP contribution is 2.43. The predicted molar refractivity (Wildman–Crippen MR) is 222 cm³/mol. The molecule has 1 aliphatic heterocycles. The van der Waals surface area contributed by atoms with E-state index >= 15 is 0 Å². The highest BCUT2D eigenvalue weighted by atomic mass is 16.4. The summed E-state index contributed by atoms with van der Waals surface area (Å²) in [5.74, 6) is 0.420. The lowest BCUT2D eigenvalue weighted by molar-refractivity contribution is -0.140. The third-order valence-corrected chi connectivity index (χ3v) is 10.7. The molecule has 1 atom stereocenters. The molecule has 60 heavy (non-hydrogen) atoms. The number of nitrogens with one attached hydrogen (secondary N) is 4. The quantitative estimate of drug-likeness (QED) is 0.0320. The van der Waals surface area contributed by atoms with Gasteiger partial charge in [-0.05, 0) is 17.7 Å². The van der Waals surface area contributed by atoms with Gasteiger partial charge >= 0.3 is 17.9 Å². The van der Waals surface area contributed by atoms with Crippen molar-refractivity contribution in [3.05, 3.63) is 107 Å². The topological polar surface area (TPSA) is 258 Å². The van der Waals surface area contributed by atoms with Crippen LogP contribution in [0.15, 0.2) is 78.9 Å². The molecule has 5 aromatic rings. The van der Waals surface area contributed by atoms with Crippen molar-refractivity contribution in [2.75, 3.05) is 85.1 Å². The first-order valence-electron chi connectivity index (χ1n) is 19.5. The molecule has 18 nitrogen and oxygen atoms in total. The minimum atomic E-state index is -1.06. The fraction of sp³-hybridized carbons (Fsp3) is 0.333. The second-order valence-corrected chi connectivity index (χ2v) is 14.7. The number of aromatic nitrogens is 2. The lowest BCUT2D eigenvalue weighted by Gasteiger charge is -2.32. The number of carboxylic acids is 3. The van der Waals surface area contributed by atoms with Gasteiger partial charge in [-0.25, -0.2) is 5.84 Å². The monoisotopic (exact) mass is 823 g/mol. The van der Waals surface area contributed by atoms with E-state index in [4.69, 9.17) is 5.84 Å². The number of para-hydroxylation sites is 2. The first-order chi connectivity index (χ1) is 28.9. The highest BCUT2D eigenvalue weighted by Gasteiger charge is 2.33. The van der Waals surface area contributed by atoms with Crippen LogP contribution in [0.3, 0.4) is 0 Å². The number of carbonyl (C=O) groups is 6. The molecule has 0 bridgehead atoms. The molecule has 18 heteroatoms. The van der Waals surface area contributed by atoms with E-state index in [2.05, 4.69) is 20.7 Å². The summed E-state index contributed by atoms with van der Waals surface area (Å²) >= 11 is 0. The van der Waals surface area contributed by atoms with Crippen LogP contribution in [0.25, 0.3) is 21.8 Å². The fourth-order valence-corrected chi connectivity index (χ4v) is 7.83. The molecule has 6 rings (SSSR count). The maximum atomic E-state index is 14.4. The molecule has 3 heterocycles. The van der Waals surface area contributed by atoms with Crippen molar-refractivity contribution in [3.63, 3.8) is 0 Å². The Morgan fingerprint density at radius 3 is 1.42 bits per heavy atom. The van der Waals surface area contributed by atoms with Crippen LogP contribution in [0.4, 0.5) is 0 Å². The SMILES string of the molecule is NNC(=O)c1[nH]c2ccccc2c1C(c1ccccc1)c1c(C(=O)CNC(=O)CN2CCN(CC(=O)O)CCN(CC(=O)O)CCN(CC(=O)O)CC2)[nH]c2ccccc12. The van der Waals surface area contributed by atoms with E-state index in [0.29, 0.717) is 22.2 Å². The lowest BCUT2D eigenvalue weighted by Crippen LogP contribution is -2.50. The molecule has 2 aromatic heterocycles. The maximum absolute atomic E-state index is 14.4. The Morgan fingerprint density at radius 2 is 0.967 bits per heavy atom. The Kier molecular flexibility index (Phi) is 14.4. The van der Waals surface area contributed by atoms with E-state index in [9.17, 15) is 44.1 Å². The van der Waals surface area contributed by atoms with Gasteiger partial charge < -0.3 is 30.6 Å². The van der Waals surface area contributed by atoms with Crippen LogP contribution in [0.5, 0.6) is 0 Å². The van der Waals surface area contributed by atoms with E-state index in [-0.39, 0.29) is 96.5 Å². The Hall–Kier alpha value is -6.44. The first-order valence-corrected chi connectivity index (χ1v) is 19.5. The molecular weight excluding hydrogens is 775 g/mol. The molecule has 1 aliphatic rings. The molecular formula is C42H49N9O9. The number of nitrogen functional groups attached to an aromatic ring is 1. The Bertz CT molecular complexity index is 2310. The molecule has 316 valence electrons. The van der Waals surface area contributed by atoms with Gasteiger partial charge in [-0.3, -0.25) is 53.8 Å². The van der Waals surface area contributed by atoms with Gasteiger partial charge in [0.2, 0.25) is 5.91 Å². The predicted octanol–water partition coefficient (Wildman–Crippen LogP) is 1.21.